The maximum atomic E-state index is 5.66. The summed E-state index contributed by atoms with van der Waals surface area (Å²) in [6.45, 7) is 7.16. The van der Waals surface area contributed by atoms with Gasteiger partial charge < -0.3 is 14.6 Å². The standard InChI is InChI=1S/C14H25N3O/c1-3-5-14-16-8-9-17(14)13-11-18-10-6-12(13)15-7-4-2/h8-9,12-13,15H,3-7,10-11H2,1-2H3. The van der Waals surface area contributed by atoms with Crippen LogP contribution in [0.5, 0.6) is 0 Å². The predicted octanol–water partition coefficient (Wildman–Crippen LogP) is 2.17. The molecule has 1 saturated heterocycles. The van der Waals surface area contributed by atoms with Gasteiger partial charge in [0.2, 0.25) is 0 Å². The molecule has 18 heavy (non-hydrogen) atoms. The highest BCUT2D eigenvalue weighted by atomic mass is 16.5. The van der Waals surface area contributed by atoms with Crippen LogP contribution in [0.25, 0.3) is 0 Å². The van der Waals surface area contributed by atoms with Crippen molar-refractivity contribution in [3.8, 4) is 0 Å². The number of nitrogens with zero attached hydrogens (tertiary/aromatic N) is 2. The zero-order chi connectivity index (χ0) is 12.8. The highest BCUT2D eigenvalue weighted by molar-refractivity contribution is 4.99. The highest BCUT2D eigenvalue weighted by Gasteiger charge is 2.27. The molecule has 2 rings (SSSR count). The van der Waals surface area contributed by atoms with Crippen LogP contribution < -0.4 is 5.32 Å². The van der Waals surface area contributed by atoms with Crippen molar-refractivity contribution in [3.05, 3.63) is 18.2 Å². The molecule has 0 aromatic carbocycles. The number of aromatic nitrogens is 2. The summed E-state index contributed by atoms with van der Waals surface area (Å²) in [5, 5.41) is 3.65. The summed E-state index contributed by atoms with van der Waals surface area (Å²) in [4.78, 5) is 4.48. The van der Waals surface area contributed by atoms with Crippen LogP contribution >= 0.6 is 0 Å². The Balaban J connectivity index is 2.09. The molecule has 1 fully saturated rings. The largest absolute Gasteiger partial charge is 0.379 e. The van der Waals surface area contributed by atoms with Crippen molar-refractivity contribution in [3.63, 3.8) is 0 Å². The van der Waals surface area contributed by atoms with E-state index in [0.717, 1.165) is 39.0 Å². The van der Waals surface area contributed by atoms with Gasteiger partial charge >= 0.3 is 0 Å². The molecule has 0 saturated carbocycles. The summed E-state index contributed by atoms with van der Waals surface area (Å²) in [5.41, 5.74) is 0. The van der Waals surface area contributed by atoms with Crippen molar-refractivity contribution in [2.45, 2.75) is 51.6 Å². The highest BCUT2D eigenvalue weighted by Crippen LogP contribution is 2.22. The van der Waals surface area contributed by atoms with E-state index in [0.29, 0.717) is 12.1 Å². The van der Waals surface area contributed by atoms with E-state index in [-0.39, 0.29) is 0 Å². The first-order chi connectivity index (χ1) is 8.86. The van der Waals surface area contributed by atoms with Crippen LogP contribution in [0.1, 0.15) is 45.0 Å². The lowest BCUT2D eigenvalue weighted by molar-refractivity contribution is 0.0361. The average molecular weight is 251 g/mol. The molecule has 0 radical (unpaired) electrons. The summed E-state index contributed by atoms with van der Waals surface area (Å²) < 4.78 is 7.98. The van der Waals surface area contributed by atoms with E-state index in [1.807, 2.05) is 6.20 Å². The first-order valence-electron chi connectivity index (χ1n) is 7.19. The van der Waals surface area contributed by atoms with Gasteiger partial charge in [-0.1, -0.05) is 13.8 Å². The van der Waals surface area contributed by atoms with Crippen LogP contribution in [0.2, 0.25) is 0 Å². The van der Waals surface area contributed by atoms with Gasteiger partial charge in [0.05, 0.1) is 12.6 Å². The van der Waals surface area contributed by atoms with Crippen molar-refractivity contribution in [2.24, 2.45) is 0 Å². The van der Waals surface area contributed by atoms with Gasteiger partial charge in [0, 0.05) is 31.5 Å². The molecule has 2 heterocycles. The number of hydrogen-bond donors (Lipinski definition) is 1. The quantitative estimate of drug-likeness (QED) is 0.842. The Morgan fingerprint density at radius 2 is 2.33 bits per heavy atom. The molecular formula is C14H25N3O. The third-order valence-electron chi connectivity index (χ3n) is 3.56. The average Bonchev–Trinajstić information content (AvgIpc) is 2.85. The van der Waals surface area contributed by atoms with Crippen LogP contribution in [0.3, 0.4) is 0 Å². The van der Waals surface area contributed by atoms with Crippen molar-refractivity contribution >= 4 is 0 Å². The van der Waals surface area contributed by atoms with Crippen LogP contribution in [-0.2, 0) is 11.2 Å². The minimum atomic E-state index is 0.398. The fourth-order valence-electron chi connectivity index (χ4n) is 2.63. The Bertz CT molecular complexity index is 351. The minimum Gasteiger partial charge on any atom is -0.379 e. The van der Waals surface area contributed by atoms with Crippen molar-refractivity contribution in [2.75, 3.05) is 19.8 Å². The van der Waals surface area contributed by atoms with E-state index in [4.69, 9.17) is 4.74 Å². The molecule has 0 bridgehead atoms. The lowest BCUT2D eigenvalue weighted by Crippen LogP contribution is -2.44. The third-order valence-corrected chi connectivity index (χ3v) is 3.56. The van der Waals surface area contributed by atoms with Gasteiger partial charge in [-0.25, -0.2) is 4.98 Å². The van der Waals surface area contributed by atoms with Crippen molar-refractivity contribution in [1.82, 2.24) is 14.9 Å². The summed E-state index contributed by atoms with van der Waals surface area (Å²) in [6, 6.07) is 0.915. The first kappa shape index (κ1) is 13.6. The Hall–Kier alpha value is -0.870. The van der Waals surface area contributed by atoms with E-state index in [2.05, 4.69) is 34.9 Å². The number of hydrogen-bond acceptors (Lipinski definition) is 3. The van der Waals surface area contributed by atoms with Crippen LogP contribution in [0.15, 0.2) is 12.4 Å². The van der Waals surface area contributed by atoms with Crippen LogP contribution in [0.4, 0.5) is 0 Å². The molecule has 4 nitrogen and oxygen atoms in total. The molecule has 1 aliphatic rings. The first-order valence-corrected chi connectivity index (χ1v) is 7.19. The maximum absolute atomic E-state index is 5.66. The Morgan fingerprint density at radius 3 is 3.11 bits per heavy atom. The third kappa shape index (κ3) is 3.12. The molecule has 4 heteroatoms. The maximum Gasteiger partial charge on any atom is 0.109 e. The van der Waals surface area contributed by atoms with Gasteiger partial charge in [-0.3, -0.25) is 0 Å². The number of aryl methyl sites for hydroxylation is 1. The van der Waals surface area contributed by atoms with E-state index in [9.17, 15) is 0 Å². The molecule has 1 N–H and O–H groups in total. The fraction of sp³-hybridized carbons (Fsp3) is 0.786. The normalized spacial score (nSPS) is 24.3. The summed E-state index contributed by atoms with van der Waals surface area (Å²) >= 11 is 0. The Labute approximate surface area is 110 Å². The van der Waals surface area contributed by atoms with E-state index in [1.54, 1.807) is 0 Å². The molecule has 1 aromatic heterocycles. The zero-order valence-electron chi connectivity index (χ0n) is 11.6. The lowest BCUT2D eigenvalue weighted by Gasteiger charge is -2.34. The van der Waals surface area contributed by atoms with Gasteiger partial charge in [-0.2, -0.15) is 0 Å². The molecule has 0 aliphatic carbocycles. The van der Waals surface area contributed by atoms with Crippen LogP contribution in [-0.4, -0.2) is 35.4 Å². The second kappa shape index (κ2) is 6.90. The lowest BCUT2D eigenvalue weighted by atomic mass is 10.0. The van der Waals surface area contributed by atoms with E-state index >= 15 is 0 Å². The number of rotatable bonds is 6. The smallest absolute Gasteiger partial charge is 0.109 e. The van der Waals surface area contributed by atoms with Gasteiger partial charge in [0.15, 0.2) is 0 Å². The summed E-state index contributed by atoms with van der Waals surface area (Å²) in [7, 11) is 0. The second-order valence-corrected chi connectivity index (χ2v) is 4.99. The zero-order valence-corrected chi connectivity index (χ0v) is 11.6. The SMILES string of the molecule is CCCNC1CCOCC1n1ccnc1CCC. The molecule has 0 amide bonds. The molecule has 0 spiro atoms. The van der Waals surface area contributed by atoms with Gasteiger partial charge in [-0.15, -0.1) is 0 Å². The van der Waals surface area contributed by atoms with Gasteiger partial charge in [0.25, 0.3) is 0 Å². The second-order valence-electron chi connectivity index (χ2n) is 4.99. The van der Waals surface area contributed by atoms with Gasteiger partial charge in [0.1, 0.15) is 5.82 Å². The van der Waals surface area contributed by atoms with E-state index < -0.39 is 0 Å². The van der Waals surface area contributed by atoms with Crippen molar-refractivity contribution in [1.29, 1.82) is 0 Å². The Kier molecular flexibility index (Phi) is 5.20. The number of nitrogens with one attached hydrogen (secondary N) is 1. The summed E-state index contributed by atoms with van der Waals surface area (Å²) in [5.74, 6) is 1.19. The Morgan fingerprint density at radius 1 is 1.44 bits per heavy atom. The molecule has 2 unspecified atom stereocenters. The van der Waals surface area contributed by atoms with Crippen molar-refractivity contribution < 1.29 is 4.74 Å². The molecule has 2 atom stereocenters. The fourth-order valence-corrected chi connectivity index (χ4v) is 2.63. The predicted molar refractivity (Wildman–Crippen MR) is 72.8 cm³/mol. The molecule has 1 aromatic rings. The summed E-state index contributed by atoms with van der Waals surface area (Å²) in [6.07, 6.45) is 8.47. The minimum absolute atomic E-state index is 0.398. The van der Waals surface area contributed by atoms with Gasteiger partial charge in [-0.05, 0) is 25.8 Å². The molecule has 1 aliphatic heterocycles. The molecular weight excluding hydrogens is 226 g/mol. The topological polar surface area (TPSA) is 39.1 Å². The monoisotopic (exact) mass is 251 g/mol. The number of imidazole rings is 1. The van der Waals surface area contributed by atoms with Crippen LogP contribution in [0, 0.1) is 0 Å². The molecule has 102 valence electrons. The van der Waals surface area contributed by atoms with E-state index in [1.165, 1.54) is 12.2 Å². The number of ether oxygens (including phenoxy) is 1.